The van der Waals surface area contributed by atoms with Crippen LogP contribution in [0.4, 0.5) is 5.69 Å². The summed E-state index contributed by atoms with van der Waals surface area (Å²) in [6, 6.07) is 11.6. The van der Waals surface area contributed by atoms with Crippen LogP contribution in [-0.2, 0) is 9.59 Å². The molecule has 0 aliphatic heterocycles. The van der Waals surface area contributed by atoms with Crippen molar-refractivity contribution in [3.63, 3.8) is 0 Å². The largest absolute Gasteiger partial charge is 0.497 e. The summed E-state index contributed by atoms with van der Waals surface area (Å²) < 4.78 is 10.6. The lowest BCUT2D eigenvalue weighted by Crippen LogP contribution is -2.40. The fraction of sp³-hybridized carbons (Fsp3) is 0.238. The van der Waals surface area contributed by atoms with E-state index in [0.717, 1.165) is 11.3 Å². The van der Waals surface area contributed by atoms with Crippen molar-refractivity contribution in [3.05, 3.63) is 59.1 Å². The zero-order valence-electron chi connectivity index (χ0n) is 16.0. The van der Waals surface area contributed by atoms with Gasteiger partial charge < -0.3 is 20.1 Å². The van der Waals surface area contributed by atoms with E-state index in [4.69, 9.17) is 21.1 Å². The Morgan fingerprint density at radius 2 is 1.89 bits per heavy atom. The van der Waals surface area contributed by atoms with Gasteiger partial charge in [-0.15, -0.1) is 0 Å². The van der Waals surface area contributed by atoms with Crippen LogP contribution >= 0.6 is 11.6 Å². The van der Waals surface area contributed by atoms with Crippen molar-refractivity contribution in [2.24, 2.45) is 0 Å². The summed E-state index contributed by atoms with van der Waals surface area (Å²) in [4.78, 5) is 24.5. The average molecular weight is 403 g/mol. The number of rotatable bonds is 8. The van der Waals surface area contributed by atoms with Gasteiger partial charge in [-0.2, -0.15) is 0 Å². The van der Waals surface area contributed by atoms with Gasteiger partial charge in [-0.1, -0.05) is 29.8 Å². The molecule has 6 nitrogen and oxygen atoms in total. The van der Waals surface area contributed by atoms with Gasteiger partial charge in [-0.25, -0.2) is 0 Å². The van der Waals surface area contributed by atoms with E-state index in [0.29, 0.717) is 23.1 Å². The van der Waals surface area contributed by atoms with Crippen molar-refractivity contribution < 1.29 is 19.1 Å². The summed E-state index contributed by atoms with van der Waals surface area (Å²) in [5, 5.41) is 5.75. The highest BCUT2D eigenvalue weighted by Crippen LogP contribution is 2.32. The lowest BCUT2D eigenvalue weighted by atomic mass is 10.2. The Labute approximate surface area is 169 Å². The molecule has 0 spiro atoms. The molecular formula is C21H23ClN2O4. The third kappa shape index (κ3) is 6.03. The molecule has 0 bridgehead atoms. The zero-order valence-corrected chi connectivity index (χ0v) is 16.7. The molecule has 7 heteroatoms. The average Bonchev–Trinajstić information content (AvgIpc) is 2.69. The topological polar surface area (TPSA) is 76.7 Å². The van der Waals surface area contributed by atoms with Gasteiger partial charge in [0, 0.05) is 6.08 Å². The fourth-order valence-electron chi connectivity index (χ4n) is 2.35. The molecular weight excluding hydrogens is 380 g/mol. The Morgan fingerprint density at radius 1 is 1.18 bits per heavy atom. The summed E-state index contributed by atoms with van der Waals surface area (Å²) in [5.74, 6) is 0.376. The molecule has 0 saturated heterocycles. The van der Waals surface area contributed by atoms with Crippen LogP contribution < -0.4 is 20.1 Å². The van der Waals surface area contributed by atoms with Crippen molar-refractivity contribution in [2.75, 3.05) is 19.0 Å². The van der Waals surface area contributed by atoms with Gasteiger partial charge in [0.25, 0.3) is 0 Å². The smallest absolute Gasteiger partial charge is 0.246 e. The standard InChI is InChI=1S/C21H23ClN2O4/c1-4-28-20-17(22)6-5-7-18(20)24-21(26)14(2)23-19(25)13-10-15-8-11-16(27-3)12-9-15/h5-14H,4H2,1-3H3,(H,23,25)(H,24,26). The van der Waals surface area contributed by atoms with Crippen molar-refractivity contribution in [3.8, 4) is 11.5 Å². The number of hydrogen-bond acceptors (Lipinski definition) is 4. The Bertz CT molecular complexity index is 850. The third-order valence-electron chi connectivity index (χ3n) is 3.81. The molecule has 2 aromatic rings. The molecule has 1 unspecified atom stereocenters. The summed E-state index contributed by atoms with van der Waals surface area (Å²) >= 11 is 6.11. The molecule has 2 N–H and O–H groups in total. The van der Waals surface area contributed by atoms with E-state index in [1.54, 1.807) is 50.4 Å². The van der Waals surface area contributed by atoms with Gasteiger partial charge in [-0.3, -0.25) is 9.59 Å². The van der Waals surface area contributed by atoms with Crippen LogP contribution in [0.15, 0.2) is 48.5 Å². The Hall–Kier alpha value is -2.99. The zero-order chi connectivity index (χ0) is 20.5. The van der Waals surface area contributed by atoms with Crippen LogP contribution in [-0.4, -0.2) is 31.6 Å². The minimum absolute atomic E-state index is 0.380. The van der Waals surface area contributed by atoms with Crippen molar-refractivity contribution in [1.82, 2.24) is 5.32 Å². The molecule has 0 aliphatic rings. The van der Waals surface area contributed by atoms with Crippen LogP contribution in [0.3, 0.4) is 0 Å². The summed E-state index contributed by atoms with van der Waals surface area (Å²) in [7, 11) is 1.59. The Balaban J connectivity index is 1.95. The van der Waals surface area contributed by atoms with Crippen LogP contribution in [0, 0.1) is 0 Å². The second-order valence-electron chi connectivity index (χ2n) is 5.88. The van der Waals surface area contributed by atoms with Crippen LogP contribution in [0.1, 0.15) is 19.4 Å². The Kier molecular flexibility index (Phi) is 7.89. The molecule has 148 valence electrons. The van der Waals surface area contributed by atoms with Crippen LogP contribution in [0.5, 0.6) is 11.5 Å². The number of nitrogens with one attached hydrogen (secondary N) is 2. The number of carbonyl (C=O) groups excluding carboxylic acids is 2. The molecule has 2 rings (SSSR count). The van der Waals surface area contributed by atoms with Gasteiger partial charge in [0.05, 0.1) is 24.4 Å². The van der Waals surface area contributed by atoms with Crippen molar-refractivity contribution in [2.45, 2.75) is 19.9 Å². The van der Waals surface area contributed by atoms with Gasteiger partial charge in [-0.05, 0) is 49.8 Å². The molecule has 0 aromatic heterocycles. The number of hydrogen-bond donors (Lipinski definition) is 2. The normalized spacial score (nSPS) is 11.7. The SMILES string of the molecule is CCOc1c(Cl)cccc1NC(=O)C(C)NC(=O)C=Cc1ccc(OC)cc1. The van der Waals surface area contributed by atoms with Gasteiger partial charge in [0.15, 0.2) is 5.75 Å². The maximum atomic E-state index is 12.4. The molecule has 0 saturated carbocycles. The van der Waals surface area contributed by atoms with E-state index in [1.165, 1.54) is 6.08 Å². The molecule has 0 fully saturated rings. The van der Waals surface area contributed by atoms with Gasteiger partial charge in [0.1, 0.15) is 11.8 Å². The van der Waals surface area contributed by atoms with E-state index < -0.39 is 6.04 Å². The molecule has 0 radical (unpaired) electrons. The monoisotopic (exact) mass is 402 g/mol. The summed E-state index contributed by atoms with van der Waals surface area (Å²) in [6.07, 6.45) is 3.03. The first kappa shape index (κ1) is 21.3. The second-order valence-corrected chi connectivity index (χ2v) is 6.28. The molecule has 1 atom stereocenters. The molecule has 2 aromatic carbocycles. The number of methoxy groups -OCH3 is 1. The van der Waals surface area contributed by atoms with E-state index >= 15 is 0 Å². The number of anilines is 1. The van der Waals surface area contributed by atoms with E-state index in [9.17, 15) is 9.59 Å². The predicted octanol–water partition coefficient (Wildman–Crippen LogP) is 3.90. The predicted molar refractivity (Wildman–Crippen MR) is 111 cm³/mol. The lowest BCUT2D eigenvalue weighted by molar-refractivity contribution is -0.123. The molecule has 0 heterocycles. The second kappa shape index (κ2) is 10.4. The first-order valence-corrected chi connectivity index (χ1v) is 9.17. The van der Waals surface area contributed by atoms with Crippen LogP contribution in [0.25, 0.3) is 6.08 Å². The van der Waals surface area contributed by atoms with Crippen molar-refractivity contribution in [1.29, 1.82) is 0 Å². The Morgan fingerprint density at radius 3 is 2.54 bits per heavy atom. The highest BCUT2D eigenvalue weighted by atomic mass is 35.5. The van der Waals surface area contributed by atoms with Crippen LogP contribution in [0.2, 0.25) is 5.02 Å². The first-order chi connectivity index (χ1) is 13.4. The lowest BCUT2D eigenvalue weighted by Gasteiger charge is -2.16. The number of benzene rings is 2. The maximum Gasteiger partial charge on any atom is 0.246 e. The number of amides is 2. The number of halogens is 1. The highest BCUT2D eigenvalue weighted by molar-refractivity contribution is 6.32. The number of para-hydroxylation sites is 1. The molecule has 0 aliphatic carbocycles. The number of ether oxygens (including phenoxy) is 2. The highest BCUT2D eigenvalue weighted by Gasteiger charge is 2.17. The first-order valence-electron chi connectivity index (χ1n) is 8.79. The summed E-state index contributed by atoms with van der Waals surface area (Å²) in [6.45, 7) is 3.83. The fourth-order valence-corrected chi connectivity index (χ4v) is 2.58. The van der Waals surface area contributed by atoms with E-state index in [-0.39, 0.29) is 11.8 Å². The molecule has 2 amide bonds. The minimum Gasteiger partial charge on any atom is -0.497 e. The van der Waals surface area contributed by atoms with E-state index in [2.05, 4.69) is 10.6 Å². The maximum absolute atomic E-state index is 12.4. The third-order valence-corrected chi connectivity index (χ3v) is 4.11. The molecule has 28 heavy (non-hydrogen) atoms. The van der Waals surface area contributed by atoms with Gasteiger partial charge in [0.2, 0.25) is 11.8 Å². The van der Waals surface area contributed by atoms with E-state index in [1.807, 2.05) is 19.1 Å². The van der Waals surface area contributed by atoms with Crippen molar-refractivity contribution >= 4 is 35.2 Å². The summed E-state index contributed by atoms with van der Waals surface area (Å²) in [5.41, 5.74) is 1.29. The number of carbonyl (C=O) groups is 2. The quantitative estimate of drug-likeness (QED) is 0.656. The van der Waals surface area contributed by atoms with Gasteiger partial charge >= 0.3 is 0 Å². The minimum atomic E-state index is -0.749.